The Balaban J connectivity index is 1.30. The minimum atomic E-state index is -1.54. The summed E-state index contributed by atoms with van der Waals surface area (Å²) in [6, 6.07) is 15.0. The summed E-state index contributed by atoms with van der Waals surface area (Å²) in [6.45, 7) is 7.68. The zero-order chi connectivity index (χ0) is 30.8. The fourth-order valence-corrected chi connectivity index (χ4v) is 6.34. The van der Waals surface area contributed by atoms with E-state index in [-0.39, 0.29) is 43.9 Å². The summed E-state index contributed by atoms with van der Waals surface area (Å²) in [5.74, 6) is -4.32. The molecule has 3 aromatic carbocycles. The van der Waals surface area contributed by atoms with Gasteiger partial charge in [-0.1, -0.05) is 12.1 Å². The maximum absolute atomic E-state index is 13.9. The number of aliphatic hydroxyl groups is 1. The molecule has 0 saturated carbocycles. The number of nitrogens with zero attached hydrogens (tertiary/aromatic N) is 4. The van der Waals surface area contributed by atoms with Crippen LogP contribution in [0.25, 0.3) is 0 Å². The summed E-state index contributed by atoms with van der Waals surface area (Å²) >= 11 is 0. The SMILES string of the molecule is Cc1cc(C)c(C(=O)N2CCN(c3cc(F)c(F)c(F)c3)[C@H](CO)C2)c(C)c1NC1CCN(c2ccc#cc2C#N)CC1. The molecule has 5 rings (SSSR count). The van der Waals surface area contributed by atoms with Crippen LogP contribution in [0.1, 0.15) is 45.5 Å². The van der Waals surface area contributed by atoms with Crippen LogP contribution in [0.3, 0.4) is 0 Å². The molecule has 2 fully saturated rings. The van der Waals surface area contributed by atoms with Crippen LogP contribution in [0.4, 0.5) is 30.2 Å². The maximum Gasteiger partial charge on any atom is 0.254 e. The number of aryl methyl sites for hydroxylation is 2. The lowest BCUT2D eigenvalue weighted by atomic mass is 9.94. The molecule has 0 unspecified atom stereocenters. The van der Waals surface area contributed by atoms with Gasteiger partial charge in [0.2, 0.25) is 0 Å². The molecule has 2 saturated heterocycles. The van der Waals surface area contributed by atoms with Crippen molar-refractivity contribution in [2.24, 2.45) is 0 Å². The molecule has 2 heterocycles. The first kappa shape index (κ1) is 30.1. The minimum Gasteiger partial charge on any atom is -0.394 e. The summed E-state index contributed by atoms with van der Waals surface area (Å²) in [5, 5.41) is 23.2. The third-order valence-electron chi connectivity index (χ3n) is 8.54. The highest BCUT2D eigenvalue weighted by atomic mass is 19.2. The maximum atomic E-state index is 13.9. The lowest BCUT2D eigenvalue weighted by Gasteiger charge is -2.42. The number of piperidine rings is 1. The molecular weight excluding hydrogens is 555 g/mol. The normalized spacial score (nSPS) is 17.4. The van der Waals surface area contributed by atoms with E-state index in [1.54, 1.807) is 15.9 Å². The molecule has 0 aliphatic carbocycles. The van der Waals surface area contributed by atoms with Crippen molar-refractivity contribution in [3.63, 3.8) is 0 Å². The van der Waals surface area contributed by atoms with Gasteiger partial charge in [0.1, 0.15) is 11.6 Å². The molecule has 1 atom stereocenters. The number of benzene rings is 2. The van der Waals surface area contributed by atoms with Crippen molar-refractivity contribution in [3.8, 4) is 6.07 Å². The smallest absolute Gasteiger partial charge is 0.254 e. The molecule has 10 heteroatoms. The topological polar surface area (TPSA) is 82.8 Å². The van der Waals surface area contributed by atoms with Crippen molar-refractivity contribution in [3.05, 3.63) is 87.7 Å². The number of piperazine rings is 1. The molecule has 1 amide bonds. The number of rotatable bonds is 6. The minimum absolute atomic E-state index is 0.121. The summed E-state index contributed by atoms with van der Waals surface area (Å²) in [5.41, 5.74) is 5.70. The van der Waals surface area contributed by atoms with Crippen LogP contribution in [-0.4, -0.2) is 67.3 Å². The standard InChI is InChI=1S/C33H34F3N5O2/c1-20-14-21(2)32(38-24-8-10-39(11-9-24)29-7-5-4-6-23(29)17-37)22(3)30(20)33(43)40-12-13-41(26(18-40)19-42)25-15-27(34)31(36)28(35)16-25/h5,7,14-16,24,26,38,42H,8-13,18-19H2,1-3H3/t26-/m0/s1. The molecule has 2 aliphatic rings. The van der Waals surface area contributed by atoms with E-state index in [0.29, 0.717) is 11.1 Å². The summed E-state index contributed by atoms with van der Waals surface area (Å²) in [7, 11) is 0. The van der Waals surface area contributed by atoms with E-state index in [2.05, 4.69) is 28.4 Å². The average Bonchev–Trinajstić information content (AvgIpc) is 3.01. The Morgan fingerprint density at radius 1 is 1.07 bits per heavy atom. The second kappa shape index (κ2) is 12.4. The molecule has 7 nitrogen and oxygen atoms in total. The van der Waals surface area contributed by atoms with Crippen LogP contribution < -0.4 is 15.1 Å². The van der Waals surface area contributed by atoms with Crippen molar-refractivity contribution in [1.29, 1.82) is 5.26 Å². The number of nitrogens with one attached hydrogen (secondary N) is 1. The molecular formula is C33H34F3N5O2. The lowest BCUT2D eigenvalue weighted by molar-refractivity contribution is 0.0697. The first-order chi connectivity index (χ1) is 20.6. The molecule has 0 radical (unpaired) electrons. The number of nitriles is 1. The van der Waals surface area contributed by atoms with Crippen molar-refractivity contribution in [2.75, 3.05) is 54.4 Å². The fraction of sp³-hybridized carbons (Fsp3) is 0.394. The van der Waals surface area contributed by atoms with Gasteiger partial charge >= 0.3 is 0 Å². The van der Waals surface area contributed by atoms with Crippen LogP contribution in [0.2, 0.25) is 0 Å². The van der Waals surface area contributed by atoms with Gasteiger partial charge < -0.3 is 25.1 Å². The highest BCUT2D eigenvalue weighted by Crippen LogP contribution is 2.32. The second-order valence-corrected chi connectivity index (χ2v) is 11.3. The highest BCUT2D eigenvalue weighted by molar-refractivity contribution is 5.99. The van der Waals surface area contributed by atoms with Gasteiger partial charge in [-0.25, -0.2) is 13.2 Å². The van der Waals surface area contributed by atoms with Crippen LogP contribution in [0.15, 0.2) is 30.3 Å². The van der Waals surface area contributed by atoms with E-state index in [1.165, 1.54) is 0 Å². The Morgan fingerprint density at radius 3 is 2.42 bits per heavy atom. The van der Waals surface area contributed by atoms with Crippen molar-refractivity contribution < 1.29 is 23.1 Å². The highest BCUT2D eigenvalue weighted by Gasteiger charge is 2.33. The third kappa shape index (κ3) is 5.93. The Hall–Kier alpha value is -4.41. The Labute approximate surface area is 250 Å². The number of anilines is 3. The van der Waals surface area contributed by atoms with E-state index >= 15 is 0 Å². The number of carbonyl (C=O) groups excluding carboxylic acids is 1. The van der Waals surface area contributed by atoms with Gasteiger partial charge in [0.05, 0.1) is 18.3 Å². The van der Waals surface area contributed by atoms with Gasteiger partial charge in [-0.2, -0.15) is 5.26 Å². The van der Waals surface area contributed by atoms with E-state index in [9.17, 15) is 28.3 Å². The molecule has 224 valence electrons. The van der Waals surface area contributed by atoms with Crippen LogP contribution >= 0.6 is 0 Å². The van der Waals surface area contributed by atoms with E-state index in [1.807, 2.05) is 32.9 Å². The summed E-state index contributed by atoms with van der Waals surface area (Å²) in [6.07, 6.45) is 1.70. The van der Waals surface area contributed by atoms with Gasteiger partial charge in [-0.05, 0) is 68.5 Å². The number of hydrogen-bond donors (Lipinski definition) is 2. The molecule has 0 aromatic heterocycles. The Bertz CT molecular complexity index is 1540. The van der Waals surface area contributed by atoms with Crippen LogP contribution in [0.5, 0.6) is 0 Å². The van der Waals surface area contributed by atoms with E-state index in [4.69, 9.17) is 0 Å². The van der Waals surface area contributed by atoms with Crippen molar-refractivity contribution in [1.82, 2.24) is 4.90 Å². The number of carbonyl (C=O) groups is 1. The molecule has 3 aromatic rings. The predicted octanol–water partition coefficient (Wildman–Crippen LogP) is 4.91. The Morgan fingerprint density at radius 2 is 1.77 bits per heavy atom. The van der Waals surface area contributed by atoms with Gasteiger partial charge in [0.25, 0.3) is 5.91 Å². The number of hydrogen-bond acceptors (Lipinski definition) is 6. The molecule has 2 aliphatic heterocycles. The van der Waals surface area contributed by atoms with E-state index in [0.717, 1.165) is 66.1 Å². The van der Waals surface area contributed by atoms with Crippen LogP contribution in [0, 0.1) is 61.7 Å². The fourth-order valence-electron chi connectivity index (χ4n) is 6.34. The van der Waals surface area contributed by atoms with Gasteiger partial charge in [-0.15, -0.1) is 0 Å². The largest absolute Gasteiger partial charge is 0.394 e. The van der Waals surface area contributed by atoms with E-state index < -0.39 is 23.5 Å². The quantitative estimate of drug-likeness (QED) is 0.398. The average molecular weight is 590 g/mol. The predicted molar refractivity (Wildman–Crippen MR) is 159 cm³/mol. The first-order valence-electron chi connectivity index (χ1n) is 14.4. The van der Waals surface area contributed by atoms with Gasteiger partial charge in [-0.3, -0.25) is 4.79 Å². The lowest BCUT2D eigenvalue weighted by Crippen LogP contribution is -2.56. The molecule has 2 N–H and O–H groups in total. The zero-order valence-electron chi connectivity index (χ0n) is 24.5. The molecule has 43 heavy (non-hydrogen) atoms. The summed E-state index contributed by atoms with van der Waals surface area (Å²) in [4.78, 5) is 19.4. The van der Waals surface area contributed by atoms with Crippen molar-refractivity contribution in [2.45, 2.75) is 45.7 Å². The summed E-state index contributed by atoms with van der Waals surface area (Å²) < 4.78 is 41.4. The van der Waals surface area contributed by atoms with Crippen molar-refractivity contribution >= 4 is 23.0 Å². The monoisotopic (exact) mass is 589 g/mol. The second-order valence-electron chi connectivity index (χ2n) is 11.3. The van der Waals surface area contributed by atoms with Crippen LogP contribution in [-0.2, 0) is 0 Å². The van der Waals surface area contributed by atoms with Gasteiger partial charge in [0, 0.05) is 67.8 Å². The first-order valence-corrected chi connectivity index (χ1v) is 14.4. The number of amides is 1. The molecule has 0 bridgehead atoms. The molecule has 0 spiro atoms. The van der Waals surface area contributed by atoms with Gasteiger partial charge in [0.15, 0.2) is 17.5 Å². The third-order valence-corrected chi connectivity index (χ3v) is 8.54. The number of aliphatic hydroxyl groups excluding tert-OH is 1. The Kier molecular flexibility index (Phi) is 8.70. The zero-order valence-corrected chi connectivity index (χ0v) is 24.5. The number of halogens is 3.